The topological polar surface area (TPSA) is 86.0 Å². The van der Waals surface area contributed by atoms with Crippen molar-refractivity contribution in [1.29, 1.82) is 0 Å². The maximum Gasteiger partial charge on any atom is 0.218 e. The van der Waals surface area contributed by atoms with E-state index in [-0.39, 0.29) is 11.6 Å². The number of furan rings is 1. The van der Waals surface area contributed by atoms with Crippen LogP contribution < -0.4 is 0 Å². The molecule has 1 aliphatic heterocycles. The Morgan fingerprint density at radius 3 is 2.81 bits per heavy atom. The van der Waals surface area contributed by atoms with Crippen molar-refractivity contribution in [2.75, 3.05) is 6.61 Å². The van der Waals surface area contributed by atoms with Crippen LogP contribution in [0.2, 0.25) is 0 Å². The van der Waals surface area contributed by atoms with Gasteiger partial charge in [-0.15, -0.1) is 0 Å². The summed E-state index contributed by atoms with van der Waals surface area (Å²) in [5.74, 6) is 2.36. The second-order valence-corrected chi connectivity index (χ2v) is 11.3. The van der Waals surface area contributed by atoms with Crippen molar-refractivity contribution in [1.82, 2.24) is 0 Å². The molecule has 32 heavy (non-hydrogen) atoms. The van der Waals surface area contributed by atoms with Gasteiger partial charge in [-0.3, -0.25) is 9.59 Å². The van der Waals surface area contributed by atoms with Gasteiger partial charge in [0.1, 0.15) is 6.61 Å². The van der Waals surface area contributed by atoms with Crippen LogP contribution in [0.5, 0.6) is 0 Å². The summed E-state index contributed by atoms with van der Waals surface area (Å²) < 4.78 is 19.1. The van der Waals surface area contributed by atoms with Crippen LogP contribution in [0.25, 0.3) is 0 Å². The SMILES string of the molecule is C[C@]12CC[C@H]3[C@@H](CCC4=CC(=O)CC[C@@H]43)[C@@H]1C[C@H]1O[C@H](c3ccc(Br)o3)O[C@]12C(=O)CO. The van der Waals surface area contributed by atoms with E-state index in [0.717, 1.165) is 38.5 Å². The quantitative estimate of drug-likeness (QED) is 0.651. The maximum absolute atomic E-state index is 13.3. The third-order valence-electron chi connectivity index (χ3n) is 9.42. The Labute approximate surface area is 195 Å². The van der Waals surface area contributed by atoms with Gasteiger partial charge in [0.15, 0.2) is 27.6 Å². The molecule has 1 saturated heterocycles. The van der Waals surface area contributed by atoms with Gasteiger partial charge >= 0.3 is 0 Å². The van der Waals surface area contributed by atoms with Gasteiger partial charge in [-0.25, -0.2) is 0 Å². The van der Waals surface area contributed by atoms with Crippen molar-refractivity contribution in [3.63, 3.8) is 0 Å². The molecule has 7 heteroatoms. The normalized spacial score (nSPS) is 45.0. The average molecular weight is 505 g/mol. The summed E-state index contributed by atoms with van der Waals surface area (Å²) in [6.45, 7) is 1.63. The number of rotatable bonds is 3. The third kappa shape index (κ3) is 2.74. The van der Waals surface area contributed by atoms with Crippen molar-refractivity contribution in [2.45, 2.75) is 69.9 Å². The lowest BCUT2D eigenvalue weighted by molar-refractivity contribution is -0.188. The molecule has 0 spiro atoms. The third-order valence-corrected chi connectivity index (χ3v) is 9.85. The molecule has 6 rings (SSSR count). The molecule has 0 radical (unpaired) electrons. The van der Waals surface area contributed by atoms with E-state index >= 15 is 0 Å². The number of hydrogen-bond donors (Lipinski definition) is 1. The molecule has 1 aromatic rings. The first-order chi connectivity index (χ1) is 15.4. The number of fused-ring (bicyclic) bond motifs is 7. The standard InChI is InChI=1S/C25H29BrO6/c1-24-9-8-16-15-5-3-14(28)10-13(15)2-4-17(16)18(24)11-21-25(24,20(29)12-27)32-23(31-21)19-6-7-22(26)30-19/h6-7,10,15-18,21,23,27H,2-5,8-9,11-12H2,1H3/t15-,16+,17+,18-,21+,23-,24-,25+/m0/s1. The fourth-order valence-electron chi connectivity index (χ4n) is 8.13. The molecule has 1 N–H and O–H groups in total. The number of Topliss-reactive ketones (excluding diaryl/α,β-unsaturated/α-hetero) is 1. The van der Waals surface area contributed by atoms with Crippen molar-refractivity contribution in [2.24, 2.45) is 29.1 Å². The molecule has 6 nitrogen and oxygen atoms in total. The second-order valence-electron chi connectivity index (χ2n) is 10.5. The first-order valence-corrected chi connectivity index (χ1v) is 12.6. The Morgan fingerprint density at radius 2 is 2.06 bits per heavy atom. The number of aliphatic hydroxyl groups is 1. The van der Waals surface area contributed by atoms with E-state index in [9.17, 15) is 14.7 Å². The first-order valence-electron chi connectivity index (χ1n) is 11.8. The van der Waals surface area contributed by atoms with Gasteiger partial charge in [0.2, 0.25) is 6.29 Å². The molecule has 4 fully saturated rings. The Hall–Kier alpha value is -1.28. The van der Waals surface area contributed by atoms with Gasteiger partial charge in [-0.2, -0.15) is 0 Å². The van der Waals surface area contributed by atoms with Crippen LogP contribution in [0.4, 0.5) is 0 Å². The number of hydrogen-bond acceptors (Lipinski definition) is 6. The van der Waals surface area contributed by atoms with Gasteiger partial charge in [-0.1, -0.05) is 12.5 Å². The van der Waals surface area contributed by atoms with E-state index in [2.05, 4.69) is 22.9 Å². The Bertz CT molecular complexity index is 998. The number of halogens is 1. The number of ketones is 2. The lowest BCUT2D eigenvalue weighted by atomic mass is 9.50. The highest BCUT2D eigenvalue weighted by Crippen LogP contribution is 2.69. The monoisotopic (exact) mass is 504 g/mol. The van der Waals surface area contributed by atoms with Crippen LogP contribution in [0.15, 0.2) is 32.9 Å². The molecule has 172 valence electrons. The van der Waals surface area contributed by atoms with Gasteiger partial charge in [0.05, 0.1) is 6.10 Å². The van der Waals surface area contributed by atoms with E-state index < -0.39 is 30.0 Å². The minimum atomic E-state index is -1.15. The Balaban J connectivity index is 1.35. The van der Waals surface area contributed by atoms with Crippen molar-refractivity contribution < 1.29 is 28.6 Å². The van der Waals surface area contributed by atoms with Crippen LogP contribution >= 0.6 is 15.9 Å². The number of aliphatic hydroxyl groups excluding tert-OH is 1. The van der Waals surface area contributed by atoms with Crippen LogP contribution in [-0.2, 0) is 19.1 Å². The lowest BCUT2D eigenvalue weighted by Gasteiger charge is -2.55. The highest BCUT2D eigenvalue weighted by Gasteiger charge is 2.74. The summed E-state index contributed by atoms with van der Waals surface area (Å²) in [5, 5.41) is 9.96. The minimum Gasteiger partial charge on any atom is -0.449 e. The summed E-state index contributed by atoms with van der Waals surface area (Å²) in [6, 6.07) is 3.58. The summed E-state index contributed by atoms with van der Waals surface area (Å²) in [7, 11) is 0. The minimum absolute atomic E-state index is 0.274. The molecule has 5 aliphatic rings. The summed E-state index contributed by atoms with van der Waals surface area (Å²) in [4.78, 5) is 25.3. The maximum atomic E-state index is 13.3. The van der Waals surface area contributed by atoms with Crippen molar-refractivity contribution in [3.05, 3.63) is 34.2 Å². The van der Waals surface area contributed by atoms with Gasteiger partial charge in [0.25, 0.3) is 0 Å². The zero-order valence-corrected chi connectivity index (χ0v) is 19.8. The largest absolute Gasteiger partial charge is 0.449 e. The molecule has 2 heterocycles. The molecule has 0 bridgehead atoms. The molecule has 8 atom stereocenters. The highest BCUT2D eigenvalue weighted by molar-refractivity contribution is 9.10. The van der Waals surface area contributed by atoms with Crippen molar-refractivity contribution in [3.8, 4) is 0 Å². The Kier molecular flexibility index (Phi) is 4.89. The van der Waals surface area contributed by atoms with E-state index in [1.165, 1.54) is 5.57 Å². The molecule has 3 saturated carbocycles. The van der Waals surface area contributed by atoms with Crippen LogP contribution in [-0.4, -0.2) is 35.0 Å². The molecule has 0 unspecified atom stereocenters. The smallest absolute Gasteiger partial charge is 0.218 e. The first kappa shape index (κ1) is 21.3. The summed E-state index contributed by atoms with van der Waals surface area (Å²) >= 11 is 3.32. The molecule has 4 aliphatic carbocycles. The highest BCUT2D eigenvalue weighted by atomic mass is 79.9. The summed E-state index contributed by atoms with van der Waals surface area (Å²) in [5.41, 5.74) is -0.204. The number of carbonyl (C=O) groups excluding carboxylic acids is 2. The predicted molar refractivity (Wildman–Crippen MR) is 117 cm³/mol. The van der Waals surface area contributed by atoms with Crippen LogP contribution in [0, 0.1) is 29.1 Å². The van der Waals surface area contributed by atoms with Crippen LogP contribution in [0.3, 0.4) is 0 Å². The second kappa shape index (κ2) is 7.36. The van der Waals surface area contributed by atoms with E-state index in [1.54, 1.807) is 12.1 Å². The van der Waals surface area contributed by atoms with Gasteiger partial charge in [-0.05, 0) is 96.3 Å². The van der Waals surface area contributed by atoms with Crippen molar-refractivity contribution >= 4 is 27.5 Å². The number of ether oxygens (including phenoxy) is 2. The lowest BCUT2D eigenvalue weighted by Crippen LogP contribution is -2.59. The van der Waals surface area contributed by atoms with E-state index in [1.807, 2.05) is 6.08 Å². The fourth-order valence-corrected chi connectivity index (χ4v) is 8.45. The fraction of sp³-hybridized carbons (Fsp3) is 0.680. The summed E-state index contributed by atoms with van der Waals surface area (Å²) in [6.07, 6.45) is 7.04. The molecular weight excluding hydrogens is 476 g/mol. The van der Waals surface area contributed by atoms with E-state index in [4.69, 9.17) is 13.9 Å². The zero-order chi connectivity index (χ0) is 22.3. The molecule has 0 amide bonds. The number of allylic oxidation sites excluding steroid dienone is 1. The predicted octanol–water partition coefficient (Wildman–Crippen LogP) is 4.51. The van der Waals surface area contributed by atoms with Crippen LogP contribution in [0.1, 0.15) is 63.9 Å². The van der Waals surface area contributed by atoms with Gasteiger partial charge in [0, 0.05) is 11.8 Å². The Morgan fingerprint density at radius 1 is 1.22 bits per heavy atom. The van der Waals surface area contributed by atoms with E-state index in [0.29, 0.717) is 40.5 Å². The molecule has 1 aromatic heterocycles. The van der Waals surface area contributed by atoms with Gasteiger partial charge < -0.3 is 19.0 Å². The average Bonchev–Trinajstić information content (AvgIpc) is 3.44. The number of carbonyl (C=O) groups is 2. The zero-order valence-electron chi connectivity index (χ0n) is 18.2. The molecular formula is C25H29BrO6. The molecule has 0 aromatic carbocycles.